The third kappa shape index (κ3) is 6.08. The first-order chi connectivity index (χ1) is 33.7. The number of anilines is 3. The van der Waals surface area contributed by atoms with Gasteiger partial charge in [-0.2, -0.15) is 0 Å². The number of hydrogen-bond donors (Lipinski definition) is 0. The zero-order valence-corrected chi connectivity index (χ0v) is 36.8. The van der Waals surface area contributed by atoms with Crippen molar-refractivity contribution in [3.63, 3.8) is 0 Å². The molecule has 3 heterocycles. The number of aromatic nitrogens is 1. The van der Waals surface area contributed by atoms with Gasteiger partial charge in [0, 0.05) is 60.6 Å². The quantitative estimate of drug-likeness (QED) is 0.160. The number of fused-ring (bicyclic) bond motifs is 10. The minimum atomic E-state index is 0.855. The second-order valence-corrected chi connectivity index (χ2v) is 17.7. The summed E-state index contributed by atoms with van der Waals surface area (Å²) in [6.07, 6.45) is 0. The summed E-state index contributed by atoms with van der Waals surface area (Å²) < 4.78 is 15.6. The van der Waals surface area contributed by atoms with E-state index in [0.717, 1.165) is 94.4 Å². The lowest BCUT2D eigenvalue weighted by molar-refractivity contribution is 0.669. The predicted octanol–water partition coefficient (Wildman–Crippen LogP) is 18.2. The van der Waals surface area contributed by atoms with E-state index in [9.17, 15) is 0 Å². The first kappa shape index (κ1) is 38.2. The van der Waals surface area contributed by atoms with E-state index in [4.69, 9.17) is 8.83 Å². The maximum Gasteiger partial charge on any atom is 0.143 e. The van der Waals surface area contributed by atoms with Crippen molar-refractivity contribution in [2.45, 2.75) is 0 Å². The van der Waals surface area contributed by atoms with Gasteiger partial charge in [-0.15, -0.1) is 0 Å². The average Bonchev–Trinajstić information content (AvgIpc) is 4.09. The van der Waals surface area contributed by atoms with Crippen molar-refractivity contribution in [2.24, 2.45) is 0 Å². The summed E-state index contributed by atoms with van der Waals surface area (Å²) in [7, 11) is 0. The first-order valence-electron chi connectivity index (χ1n) is 23.1. The van der Waals surface area contributed by atoms with E-state index >= 15 is 0 Å². The van der Waals surface area contributed by atoms with Crippen LogP contribution in [0.1, 0.15) is 0 Å². The van der Waals surface area contributed by atoms with Crippen LogP contribution in [0.3, 0.4) is 0 Å². The molecular formula is C64H40N2O2. The molecule has 0 aliphatic carbocycles. The molecule has 0 saturated carbocycles. The van der Waals surface area contributed by atoms with E-state index in [2.05, 4.69) is 234 Å². The van der Waals surface area contributed by atoms with Gasteiger partial charge in [0.25, 0.3) is 0 Å². The summed E-state index contributed by atoms with van der Waals surface area (Å²) in [6.45, 7) is 0. The van der Waals surface area contributed by atoms with Gasteiger partial charge in [0.2, 0.25) is 0 Å². The molecule has 0 saturated heterocycles. The smallest absolute Gasteiger partial charge is 0.143 e. The minimum absolute atomic E-state index is 0.855. The number of para-hydroxylation sites is 4. The SMILES string of the molecule is c1cc(-c2cccc3oc4ccccc4c23)cc(N(c2ccc(-c3ccc4ccccc4c3)cc2)c2cc(-c3cccc(-n4c5ccccc5c5ccccc54)c3)c3oc4ccccc4c3c2)c1. The van der Waals surface area contributed by atoms with E-state index < -0.39 is 0 Å². The van der Waals surface area contributed by atoms with Crippen LogP contribution in [-0.4, -0.2) is 4.57 Å². The molecule has 14 rings (SSSR count). The molecule has 0 amide bonds. The Labute approximate surface area is 391 Å². The van der Waals surface area contributed by atoms with E-state index in [0.29, 0.717) is 0 Å². The fraction of sp³-hybridized carbons (Fsp3) is 0. The molecule has 0 fully saturated rings. The summed E-state index contributed by atoms with van der Waals surface area (Å²) in [5, 5.41) is 9.27. The fourth-order valence-electron chi connectivity index (χ4n) is 10.6. The lowest BCUT2D eigenvalue weighted by Gasteiger charge is -2.27. The van der Waals surface area contributed by atoms with E-state index in [1.54, 1.807) is 0 Å². The number of furan rings is 2. The lowest BCUT2D eigenvalue weighted by atomic mass is 9.97. The molecule has 0 bridgehead atoms. The van der Waals surface area contributed by atoms with Gasteiger partial charge < -0.3 is 18.3 Å². The molecule has 0 aliphatic heterocycles. The van der Waals surface area contributed by atoms with Gasteiger partial charge in [0.05, 0.1) is 11.0 Å². The van der Waals surface area contributed by atoms with Crippen LogP contribution in [0.25, 0.3) is 116 Å². The summed E-state index contributed by atoms with van der Waals surface area (Å²) >= 11 is 0. The van der Waals surface area contributed by atoms with Gasteiger partial charge in [-0.05, 0) is 124 Å². The Morgan fingerprint density at radius 1 is 0.309 bits per heavy atom. The molecular weight excluding hydrogens is 829 g/mol. The minimum Gasteiger partial charge on any atom is -0.456 e. The molecule has 0 unspecified atom stereocenters. The van der Waals surface area contributed by atoms with Gasteiger partial charge in [-0.25, -0.2) is 0 Å². The highest BCUT2D eigenvalue weighted by Crippen LogP contribution is 2.46. The van der Waals surface area contributed by atoms with E-state index in [-0.39, 0.29) is 0 Å². The molecule has 11 aromatic carbocycles. The van der Waals surface area contributed by atoms with E-state index in [1.165, 1.54) is 38.1 Å². The standard InChI is InChI=1S/C64H40N2O2/c1-2-15-43-36-44(31-30-41(43)14-1)42-32-34-47(35-33-42)65(48-18-11-16-45(37-48)51-24-13-29-62-63(51)55-23-6-10-28-61(55)67-62)50-39-56(64-57(40-50)54-22-5-9-27-60(54)68-64)46-17-12-19-49(38-46)66-58-25-7-3-20-52(58)53-21-4-8-26-59(53)66/h1-40H. The van der Waals surface area contributed by atoms with Gasteiger partial charge in [-0.3, -0.25) is 0 Å². The normalized spacial score (nSPS) is 11.8. The van der Waals surface area contributed by atoms with Crippen molar-refractivity contribution in [3.05, 3.63) is 243 Å². The van der Waals surface area contributed by atoms with Crippen LogP contribution < -0.4 is 4.90 Å². The summed E-state index contributed by atoms with van der Waals surface area (Å²) in [5.41, 5.74) is 16.6. The highest BCUT2D eigenvalue weighted by atomic mass is 16.3. The number of rotatable bonds is 7. The number of nitrogens with zero attached hydrogens (tertiary/aromatic N) is 2. The highest BCUT2D eigenvalue weighted by Gasteiger charge is 2.22. The largest absolute Gasteiger partial charge is 0.456 e. The topological polar surface area (TPSA) is 34.5 Å². The molecule has 4 heteroatoms. The molecule has 0 spiro atoms. The summed E-state index contributed by atoms with van der Waals surface area (Å²) in [5.74, 6) is 0. The highest BCUT2D eigenvalue weighted by molar-refractivity contribution is 6.14. The summed E-state index contributed by atoms with van der Waals surface area (Å²) in [6, 6.07) is 87.1. The molecule has 14 aromatic rings. The van der Waals surface area contributed by atoms with Crippen molar-refractivity contribution in [3.8, 4) is 39.1 Å². The predicted molar refractivity (Wildman–Crippen MR) is 284 cm³/mol. The molecule has 4 nitrogen and oxygen atoms in total. The second-order valence-electron chi connectivity index (χ2n) is 17.7. The van der Waals surface area contributed by atoms with Crippen molar-refractivity contribution < 1.29 is 8.83 Å². The molecule has 0 atom stereocenters. The Balaban J connectivity index is 0.987. The van der Waals surface area contributed by atoms with Crippen LogP contribution in [0.5, 0.6) is 0 Å². The van der Waals surface area contributed by atoms with Gasteiger partial charge >= 0.3 is 0 Å². The molecule has 3 aromatic heterocycles. The molecule has 0 radical (unpaired) electrons. The molecule has 68 heavy (non-hydrogen) atoms. The molecule has 318 valence electrons. The van der Waals surface area contributed by atoms with Gasteiger partial charge in [0.15, 0.2) is 0 Å². The van der Waals surface area contributed by atoms with Crippen molar-refractivity contribution in [1.82, 2.24) is 4.57 Å². The van der Waals surface area contributed by atoms with Gasteiger partial charge in [-0.1, -0.05) is 158 Å². The van der Waals surface area contributed by atoms with Crippen molar-refractivity contribution in [1.29, 1.82) is 0 Å². The third-order valence-electron chi connectivity index (χ3n) is 13.7. The van der Waals surface area contributed by atoms with Crippen LogP contribution in [-0.2, 0) is 0 Å². The Hall–Kier alpha value is -9.12. The summed E-state index contributed by atoms with van der Waals surface area (Å²) in [4.78, 5) is 2.39. The van der Waals surface area contributed by atoms with Crippen LogP contribution in [0, 0.1) is 0 Å². The Bertz CT molecular complexity index is 4230. The van der Waals surface area contributed by atoms with Crippen molar-refractivity contribution in [2.75, 3.05) is 4.90 Å². The van der Waals surface area contributed by atoms with Crippen LogP contribution in [0.15, 0.2) is 251 Å². The zero-order chi connectivity index (χ0) is 44.7. The van der Waals surface area contributed by atoms with E-state index in [1.807, 2.05) is 18.2 Å². The Morgan fingerprint density at radius 3 is 1.72 bits per heavy atom. The lowest BCUT2D eigenvalue weighted by Crippen LogP contribution is -2.10. The second kappa shape index (κ2) is 15.2. The third-order valence-corrected chi connectivity index (χ3v) is 13.7. The fourth-order valence-corrected chi connectivity index (χ4v) is 10.6. The van der Waals surface area contributed by atoms with Crippen LogP contribution >= 0.6 is 0 Å². The maximum absolute atomic E-state index is 6.86. The number of hydrogen-bond acceptors (Lipinski definition) is 3. The van der Waals surface area contributed by atoms with Gasteiger partial charge in [0.1, 0.15) is 22.3 Å². The number of benzene rings is 11. The molecule has 0 aliphatic rings. The maximum atomic E-state index is 6.86. The first-order valence-corrected chi connectivity index (χ1v) is 23.1. The monoisotopic (exact) mass is 868 g/mol. The van der Waals surface area contributed by atoms with Crippen LogP contribution in [0.4, 0.5) is 17.1 Å². The molecule has 0 N–H and O–H groups in total. The zero-order valence-electron chi connectivity index (χ0n) is 36.8. The van der Waals surface area contributed by atoms with Crippen molar-refractivity contribution >= 4 is 93.5 Å². The van der Waals surface area contributed by atoms with Crippen LogP contribution in [0.2, 0.25) is 0 Å². The Kier molecular flexibility index (Phi) is 8.55. The average molecular weight is 869 g/mol. The Morgan fingerprint density at radius 2 is 0.926 bits per heavy atom.